The number of aromatic nitrogens is 2. The fraction of sp³-hybridized carbons (Fsp3) is 0.320. The van der Waals surface area contributed by atoms with E-state index in [2.05, 4.69) is 25.5 Å². The van der Waals surface area contributed by atoms with Crippen molar-refractivity contribution in [1.29, 1.82) is 0 Å². The number of nitrogens with one attached hydrogen (secondary N) is 2. The van der Waals surface area contributed by atoms with Gasteiger partial charge in [-0.05, 0) is 68.1 Å². The first-order valence-electron chi connectivity index (χ1n) is 11.2. The highest BCUT2D eigenvalue weighted by Crippen LogP contribution is 2.26. The van der Waals surface area contributed by atoms with Gasteiger partial charge < -0.3 is 20.6 Å². The molecule has 0 aliphatic carbocycles. The summed E-state index contributed by atoms with van der Waals surface area (Å²) in [5, 5.41) is 15.9. The Balaban J connectivity index is 1.39. The van der Waals surface area contributed by atoms with Gasteiger partial charge in [-0.25, -0.2) is 14.4 Å². The number of hydrogen-bond donors (Lipinski definition) is 3. The number of halogens is 1. The van der Waals surface area contributed by atoms with Crippen molar-refractivity contribution in [2.45, 2.75) is 38.3 Å². The number of carbonyl (C=O) groups excluding carboxylic acids is 1. The standard InChI is InChI=1S/C25H28FN5O2/c1-17(29-23-14-24(28-16-27-23)31-13-3-2-4-22(31)15-32)18-7-11-21(12-8-18)30-25(33)19-5-9-20(26)10-6-19/h5-12,14,16-17,22,32H,2-4,13,15H2,1H3,(H,30,33)(H,27,28,29). The minimum atomic E-state index is -0.377. The molecule has 2 heterocycles. The zero-order valence-electron chi connectivity index (χ0n) is 18.5. The smallest absolute Gasteiger partial charge is 0.255 e. The molecule has 1 amide bonds. The summed E-state index contributed by atoms with van der Waals surface area (Å²) < 4.78 is 13.0. The molecule has 1 aromatic heterocycles. The van der Waals surface area contributed by atoms with Crippen LogP contribution in [0.4, 0.5) is 21.7 Å². The molecule has 0 spiro atoms. The molecule has 4 rings (SSSR count). The predicted octanol–water partition coefficient (Wildman–Crippen LogP) is 4.39. The SMILES string of the molecule is CC(Nc1cc(N2CCCCC2CO)ncn1)c1ccc(NC(=O)c2ccc(F)cc2)cc1. The highest BCUT2D eigenvalue weighted by atomic mass is 19.1. The molecule has 172 valence electrons. The maximum absolute atomic E-state index is 13.0. The molecule has 1 aliphatic heterocycles. The van der Waals surface area contributed by atoms with Crippen LogP contribution < -0.4 is 15.5 Å². The van der Waals surface area contributed by atoms with Crippen molar-refractivity contribution in [3.63, 3.8) is 0 Å². The second-order valence-corrected chi connectivity index (χ2v) is 8.24. The molecule has 2 aromatic carbocycles. The lowest BCUT2D eigenvalue weighted by atomic mass is 10.0. The maximum atomic E-state index is 13.0. The molecule has 2 atom stereocenters. The number of carbonyl (C=O) groups is 1. The average Bonchev–Trinajstić information content (AvgIpc) is 2.85. The number of aliphatic hydroxyl groups excluding tert-OH is 1. The third-order valence-corrected chi connectivity index (χ3v) is 5.92. The van der Waals surface area contributed by atoms with Crippen molar-refractivity contribution in [3.8, 4) is 0 Å². The highest BCUT2D eigenvalue weighted by Gasteiger charge is 2.23. The molecule has 2 unspecified atom stereocenters. The van der Waals surface area contributed by atoms with E-state index in [1.54, 1.807) is 6.33 Å². The molecular weight excluding hydrogens is 421 g/mol. The lowest BCUT2D eigenvalue weighted by Gasteiger charge is -2.35. The van der Waals surface area contributed by atoms with E-state index in [1.165, 1.54) is 24.3 Å². The summed E-state index contributed by atoms with van der Waals surface area (Å²) >= 11 is 0. The molecule has 0 saturated carbocycles. The van der Waals surface area contributed by atoms with Crippen LogP contribution in [-0.2, 0) is 0 Å². The molecular formula is C25H28FN5O2. The summed E-state index contributed by atoms with van der Waals surface area (Å²) in [6, 6.07) is 15.0. The summed E-state index contributed by atoms with van der Waals surface area (Å²) in [6.07, 6.45) is 4.71. The summed E-state index contributed by atoms with van der Waals surface area (Å²) in [6.45, 7) is 3.03. The largest absolute Gasteiger partial charge is 0.394 e. The Morgan fingerprint density at radius 1 is 1.15 bits per heavy atom. The first-order valence-corrected chi connectivity index (χ1v) is 11.2. The number of rotatable bonds is 7. The summed E-state index contributed by atoms with van der Waals surface area (Å²) in [4.78, 5) is 23.2. The van der Waals surface area contributed by atoms with E-state index in [0.29, 0.717) is 17.1 Å². The normalized spacial score (nSPS) is 16.8. The van der Waals surface area contributed by atoms with Crippen molar-refractivity contribution in [1.82, 2.24) is 9.97 Å². The Morgan fingerprint density at radius 2 is 1.91 bits per heavy atom. The van der Waals surface area contributed by atoms with Gasteiger partial charge in [-0.1, -0.05) is 12.1 Å². The minimum Gasteiger partial charge on any atom is -0.394 e. The Hall–Kier alpha value is -3.52. The molecule has 1 saturated heterocycles. The average molecular weight is 450 g/mol. The molecule has 1 aliphatic rings. The van der Waals surface area contributed by atoms with Crippen molar-refractivity contribution >= 4 is 23.2 Å². The number of amides is 1. The van der Waals surface area contributed by atoms with Gasteiger partial charge >= 0.3 is 0 Å². The zero-order chi connectivity index (χ0) is 23.2. The Bertz CT molecular complexity index is 1070. The van der Waals surface area contributed by atoms with Gasteiger partial charge in [0.25, 0.3) is 5.91 Å². The molecule has 3 aromatic rings. The molecule has 7 nitrogen and oxygen atoms in total. The summed E-state index contributed by atoms with van der Waals surface area (Å²) in [7, 11) is 0. The zero-order valence-corrected chi connectivity index (χ0v) is 18.5. The first kappa shape index (κ1) is 22.7. The van der Waals surface area contributed by atoms with Crippen LogP contribution in [0.25, 0.3) is 0 Å². The molecule has 0 radical (unpaired) electrons. The number of benzene rings is 2. The second-order valence-electron chi connectivity index (χ2n) is 8.24. The Kier molecular flexibility index (Phi) is 7.14. The molecule has 3 N–H and O–H groups in total. The van der Waals surface area contributed by atoms with Crippen molar-refractivity contribution < 1.29 is 14.3 Å². The number of piperidine rings is 1. The fourth-order valence-electron chi connectivity index (χ4n) is 4.04. The van der Waals surface area contributed by atoms with Crippen LogP contribution in [0.5, 0.6) is 0 Å². The van der Waals surface area contributed by atoms with Gasteiger partial charge in [0.1, 0.15) is 23.8 Å². The first-order chi connectivity index (χ1) is 16.0. The second kappa shape index (κ2) is 10.4. The molecule has 33 heavy (non-hydrogen) atoms. The van der Waals surface area contributed by atoms with Crippen molar-refractivity contribution in [2.75, 3.05) is 28.7 Å². The van der Waals surface area contributed by atoms with Crippen LogP contribution in [0.2, 0.25) is 0 Å². The predicted molar refractivity (Wildman–Crippen MR) is 127 cm³/mol. The van der Waals surface area contributed by atoms with Gasteiger partial charge in [0, 0.05) is 29.9 Å². The van der Waals surface area contributed by atoms with Crippen LogP contribution in [0.3, 0.4) is 0 Å². The van der Waals surface area contributed by atoms with Crippen LogP contribution in [-0.4, -0.2) is 40.2 Å². The summed E-state index contributed by atoms with van der Waals surface area (Å²) in [5.74, 6) is 0.861. The van der Waals surface area contributed by atoms with E-state index < -0.39 is 0 Å². The monoisotopic (exact) mass is 449 g/mol. The van der Waals surface area contributed by atoms with Crippen LogP contribution >= 0.6 is 0 Å². The molecule has 1 fully saturated rings. The van der Waals surface area contributed by atoms with E-state index in [-0.39, 0.29) is 30.4 Å². The minimum absolute atomic E-state index is 0.0235. The van der Waals surface area contributed by atoms with Crippen LogP contribution in [0.15, 0.2) is 60.9 Å². The van der Waals surface area contributed by atoms with E-state index in [4.69, 9.17) is 0 Å². The molecule has 8 heteroatoms. The number of aliphatic hydroxyl groups is 1. The number of anilines is 3. The van der Waals surface area contributed by atoms with Gasteiger partial charge in [-0.3, -0.25) is 4.79 Å². The lowest BCUT2D eigenvalue weighted by Crippen LogP contribution is -2.42. The van der Waals surface area contributed by atoms with Gasteiger partial charge in [-0.2, -0.15) is 0 Å². The maximum Gasteiger partial charge on any atom is 0.255 e. The van der Waals surface area contributed by atoms with Crippen molar-refractivity contribution in [2.24, 2.45) is 0 Å². The number of nitrogens with zero attached hydrogens (tertiary/aromatic N) is 3. The van der Waals surface area contributed by atoms with Gasteiger partial charge in [0.15, 0.2) is 0 Å². The van der Waals surface area contributed by atoms with Crippen molar-refractivity contribution in [3.05, 3.63) is 77.9 Å². The fourth-order valence-corrected chi connectivity index (χ4v) is 4.04. The third-order valence-electron chi connectivity index (χ3n) is 5.92. The van der Waals surface area contributed by atoms with Gasteiger partial charge in [-0.15, -0.1) is 0 Å². The quantitative estimate of drug-likeness (QED) is 0.496. The summed E-state index contributed by atoms with van der Waals surface area (Å²) in [5.41, 5.74) is 2.08. The van der Waals surface area contributed by atoms with E-state index >= 15 is 0 Å². The van der Waals surface area contributed by atoms with E-state index in [0.717, 1.165) is 37.2 Å². The van der Waals surface area contributed by atoms with E-state index in [9.17, 15) is 14.3 Å². The van der Waals surface area contributed by atoms with Gasteiger partial charge in [0.2, 0.25) is 0 Å². The number of hydrogen-bond acceptors (Lipinski definition) is 6. The molecule has 0 bridgehead atoms. The van der Waals surface area contributed by atoms with Gasteiger partial charge in [0.05, 0.1) is 12.6 Å². The topological polar surface area (TPSA) is 90.4 Å². The van der Waals surface area contributed by atoms with Crippen LogP contribution in [0, 0.1) is 5.82 Å². The Labute approximate surface area is 192 Å². The lowest BCUT2D eigenvalue weighted by molar-refractivity contribution is 0.102. The third kappa shape index (κ3) is 5.64. The Morgan fingerprint density at radius 3 is 2.64 bits per heavy atom. The van der Waals surface area contributed by atoms with Crippen LogP contribution in [0.1, 0.15) is 48.1 Å². The van der Waals surface area contributed by atoms with E-state index in [1.807, 2.05) is 37.3 Å². The highest BCUT2D eigenvalue weighted by molar-refractivity contribution is 6.04.